The Hall–Kier alpha value is -2.08. The lowest BCUT2D eigenvalue weighted by Gasteiger charge is -2.13. The SMILES string of the molecule is Cc1ccc(S(=O)(=O)n2cccc2C(C)C(=O)O)cc1. The molecule has 0 saturated carbocycles. The van der Waals surface area contributed by atoms with Gasteiger partial charge in [0, 0.05) is 11.9 Å². The Morgan fingerprint density at radius 3 is 2.35 bits per heavy atom. The Labute approximate surface area is 117 Å². The summed E-state index contributed by atoms with van der Waals surface area (Å²) in [6.07, 6.45) is 1.37. The van der Waals surface area contributed by atoms with Gasteiger partial charge in [0.2, 0.25) is 0 Å². The fourth-order valence-electron chi connectivity index (χ4n) is 1.88. The number of aromatic nitrogens is 1. The lowest BCUT2D eigenvalue weighted by atomic mass is 10.1. The van der Waals surface area contributed by atoms with Gasteiger partial charge in [0.25, 0.3) is 10.0 Å². The van der Waals surface area contributed by atoms with Gasteiger partial charge < -0.3 is 5.11 Å². The summed E-state index contributed by atoms with van der Waals surface area (Å²) in [6, 6.07) is 9.47. The van der Waals surface area contributed by atoms with Crippen molar-refractivity contribution in [2.45, 2.75) is 24.7 Å². The molecular weight excluding hydrogens is 278 g/mol. The molecule has 0 spiro atoms. The highest BCUT2D eigenvalue weighted by Crippen LogP contribution is 2.22. The first-order valence-electron chi connectivity index (χ1n) is 6.06. The third-order valence-corrected chi connectivity index (χ3v) is 4.85. The van der Waals surface area contributed by atoms with Crippen LogP contribution in [0.25, 0.3) is 0 Å². The van der Waals surface area contributed by atoms with Gasteiger partial charge >= 0.3 is 5.97 Å². The van der Waals surface area contributed by atoms with Crippen molar-refractivity contribution in [1.29, 1.82) is 0 Å². The number of hydrogen-bond donors (Lipinski definition) is 1. The monoisotopic (exact) mass is 293 g/mol. The van der Waals surface area contributed by atoms with Crippen LogP contribution in [0.15, 0.2) is 47.5 Å². The summed E-state index contributed by atoms with van der Waals surface area (Å²) in [4.78, 5) is 11.2. The van der Waals surface area contributed by atoms with Crippen LogP contribution in [0.1, 0.15) is 24.1 Å². The second-order valence-corrected chi connectivity index (χ2v) is 6.42. The van der Waals surface area contributed by atoms with Crippen molar-refractivity contribution in [2.75, 3.05) is 0 Å². The van der Waals surface area contributed by atoms with Crippen LogP contribution < -0.4 is 0 Å². The Morgan fingerprint density at radius 1 is 1.20 bits per heavy atom. The fourth-order valence-corrected chi connectivity index (χ4v) is 3.32. The molecule has 0 bridgehead atoms. The molecule has 0 fully saturated rings. The summed E-state index contributed by atoms with van der Waals surface area (Å²) in [6.45, 7) is 3.32. The Kier molecular flexibility index (Phi) is 3.67. The largest absolute Gasteiger partial charge is 0.481 e. The molecule has 2 aromatic rings. The van der Waals surface area contributed by atoms with Crippen LogP contribution in [-0.4, -0.2) is 23.5 Å². The Bertz CT molecular complexity index is 729. The molecule has 1 unspecified atom stereocenters. The smallest absolute Gasteiger partial charge is 0.312 e. The van der Waals surface area contributed by atoms with Crippen molar-refractivity contribution in [2.24, 2.45) is 0 Å². The number of aliphatic carboxylic acids is 1. The number of benzene rings is 1. The molecule has 20 heavy (non-hydrogen) atoms. The normalized spacial score (nSPS) is 13.1. The first-order valence-corrected chi connectivity index (χ1v) is 7.50. The number of carboxylic acid groups (broad SMARTS) is 1. The lowest BCUT2D eigenvalue weighted by Crippen LogP contribution is -2.19. The molecule has 0 aliphatic rings. The number of aryl methyl sites for hydroxylation is 1. The summed E-state index contributed by atoms with van der Waals surface area (Å²) in [5.41, 5.74) is 1.19. The maximum absolute atomic E-state index is 12.5. The highest BCUT2D eigenvalue weighted by Gasteiger charge is 2.24. The maximum atomic E-state index is 12.5. The lowest BCUT2D eigenvalue weighted by molar-refractivity contribution is -0.138. The maximum Gasteiger partial charge on any atom is 0.312 e. The van der Waals surface area contributed by atoms with Crippen molar-refractivity contribution in [3.8, 4) is 0 Å². The number of carbonyl (C=O) groups is 1. The van der Waals surface area contributed by atoms with E-state index in [1.165, 1.54) is 37.4 Å². The van der Waals surface area contributed by atoms with E-state index < -0.39 is 21.9 Å². The zero-order valence-electron chi connectivity index (χ0n) is 11.1. The Morgan fingerprint density at radius 2 is 1.80 bits per heavy atom. The minimum atomic E-state index is -3.77. The molecule has 5 nitrogen and oxygen atoms in total. The van der Waals surface area contributed by atoms with E-state index in [1.807, 2.05) is 6.92 Å². The molecule has 0 amide bonds. The van der Waals surface area contributed by atoms with Crippen LogP contribution in [-0.2, 0) is 14.8 Å². The minimum Gasteiger partial charge on any atom is -0.481 e. The van der Waals surface area contributed by atoms with E-state index in [2.05, 4.69) is 0 Å². The number of rotatable bonds is 4. The molecule has 6 heteroatoms. The minimum absolute atomic E-state index is 0.137. The van der Waals surface area contributed by atoms with Crippen molar-refractivity contribution in [3.63, 3.8) is 0 Å². The van der Waals surface area contributed by atoms with Gasteiger partial charge in [-0.1, -0.05) is 17.7 Å². The number of hydrogen-bond acceptors (Lipinski definition) is 3. The summed E-state index contributed by atoms with van der Waals surface area (Å²) in [5.74, 6) is -1.96. The predicted molar refractivity (Wildman–Crippen MR) is 74.2 cm³/mol. The van der Waals surface area contributed by atoms with Gasteiger partial charge in [0.1, 0.15) is 0 Å². The molecule has 1 heterocycles. The molecule has 0 aliphatic heterocycles. The van der Waals surface area contributed by atoms with E-state index in [4.69, 9.17) is 5.11 Å². The van der Waals surface area contributed by atoms with Crippen molar-refractivity contribution in [1.82, 2.24) is 3.97 Å². The van der Waals surface area contributed by atoms with E-state index in [9.17, 15) is 13.2 Å². The van der Waals surface area contributed by atoms with Crippen LogP contribution >= 0.6 is 0 Å². The molecular formula is C14H15NO4S. The van der Waals surface area contributed by atoms with Gasteiger partial charge in [-0.25, -0.2) is 12.4 Å². The highest BCUT2D eigenvalue weighted by atomic mass is 32.2. The summed E-state index contributed by atoms with van der Waals surface area (Å²) in [5, 5.41) is 9.04. The van der Waals surface area contributed by atoms with E-state index in [1.54, 1.807) is 12.1 Å². The quantitative estimate of drug-likeness (QED) is 0.937. The summed E-state index contributed by atoms with van der Waals surface area (Å²) in [7, 11) is -3.77. The van der Waals surface area contributed by atoms with Gasteiger partial charge in [0.05, 0.1) is 10.8 Å². The van der Waals surface area contributed by atoms with Crippen LogP contribution in [0.2, 0.25) is 0 Å². The third kappa shape index (κ3) is 2.46. The van der Waals surface area contributed by atoms with Crippen molar-refractivity contribution < 1.29 is 18.3 Å². The van der Waals surface area contributed by atoms with Gasteiger partial charge in [-0.05, 0) is 38.1 Å². The van der Waals surface area contributed by atoms with Crippen molar-refractivity contribution in [3.05, 3.63) is 53.9 Å². The zero-order chi connectivity index (χ0) is 14.9. The molecule has 0 saturated heterocycles. The van der Waals surface area contributed by atoms with Gasteiger partial charge in [-0.2, -0.15) is 0 Å². The van der Waals surface area contributed by atoms with E-state index in [0.29, 0.717) is 0 Å². The highest BCUT2D eigenvalue weighted by molar-refractivity contribution is 7.90. The molecule has 2 rings (SSSR count). The molecule has 1 aromatic carbocycles. The average molecular weight is 293 g/mol. The van der Waals surface area contributed by atoms with Gasteiger partial charge in [0.15, 0.2) is 0 Å². The molecule has 1 atom stereocenters. The van der Waals surface area contributed by atoms with Crippen molar-refractivity contribution >= 4 is 16.0 Å². The van der Waals surface area contributed by atoms with E-state index >= 15 is 0 Å². The predicted octanol–water partition coefficient (Wildman–Crippen LogP) is 2.22. The third-order valence-electron chi connectivity index (χ3n) is 3.13. The summed E-state index contributed by atoms with van der Waals surface area (Å²) < 4.78 is 26.1. The number of nitrogens with zero attached hydrogens (tertiary/aromatic N) is 1. The standard InChI is InChI=1S/C14H15NO4S/c1-10-5-7-12(8-6-10)20(18,19)15-9-3-4-13(15)11(2)14(16)17/h3-9,11H,1-2H3,(H,16,17). The van der Waals surface area contributed by atoms with Crippen LogP contribution in [0.5, 0.6) is 0 Å². The second kappa shape index (κ2) is 5.13. The second-order valence-electron chi connectivity index (χ2n) is 4.61. The van der Waals surface area contributed by atoms with Gasteiger partial charge in [-0.15, -0.1) is 0 Å². The Balaban J connectivity index is 2.53. The average Bonchev–Trinajstić information content (AvgIpc) is 2.88. The molecule has 1 aromatic heterocycles. The van der Waals surface area contributed by atoms with E-state index in [-0.39, 0.29) is 10.6 Å². The molecule has 0 radical (unpaired) electrons. The van der Waals surface area contributed by atoms with Crippen LogP contribution in [0.4, 0.5) is 0 Å². The molecule has 0 aliphatic carbocycles. The fraction of sp³-hybridized carbons (Fsp3) is 0.214. The van der Waals surface area contributed by atoms with Gasteiger partial charge in [-0.3, -0.25) is 4.79 Å². The first-order chi connectivity index (χ1) is 9.34. The van der Waals surface area contributed by atoms with Crippen LogP contribution in [0, 0.1) is 6.92 Å². The first kappa shape index (κ1) is 14.3. The topological polar surface area (TPSA) is 76.4 Å². The molecule has 106 valence electrons. The summed E-state index contributed by atoms with van der Waals surface area (Å²) >= 11 is 0. The zero-order valence-corrected chi connectivity index (χ0v) is 12.0. The van der Waals surface area contributed by atoms with Crippen LogP contribution in [0.3, 0.4) is 0 Å². The number of carboxylic acids is 1. The van der Waals surface area contributed by atoms with E-state index in [0.717, 1.165) is 9.54 Å². The molecule has 1 N–H and O–H groups in total.